The standard InChI is InChI=1S/C71H57NS3/c1-42-18-16-21-51-49-35-33-46(41-57(49)71(66(42)51)54-24-11-14-28-62(54)73-63-29-15-12-25-55(63)71)72(60-26-17-22-52-50-20-9-13-27-61(50)75-67(52)60)45-32-34-48-47-19-8-10-23-53(47)70(56(48)40-45)58-38-43(68(2,3)4)30-36-64(58)74-65-37-31-44(39-59(65)70)69(5,6)7/h8-42,66H,1-7H3. The third kappa shape index (κ3) is 6.28. The van der Waals surface area contributed by atoms with Crippen molar-refractivity contribution in [1.82, 2.24) is 0 Å². The smallest absolute Gasteiger partial charge is 0.0736 e. The van der Waals surface area contributed by atoms with Crippen molar-refractivity contribution < 1.29 is 0 Å². The lowest BCUT2D eigenvalue weighted by Crippen LogP contribution is -2.40. The van der Waals surface area contributed by atoms with Gasteiger partial charge in [0.25, 0.3) is 0 Å². The summed E-state index contributed by atoms with van der Waals surface area (Å²) in [4.78, 5) is 7.98. The average molecular weight is 1020 g/mol. The molecule has 2 atom stereocenters. The molecule has 5 aliphatic rings. The van der Waals surface area contributed by atoms with E-state index in [4.69, 9.17) is 0 Å². The summed E-state index contributed by atoms with van der Waals surface area (Å²) in [6, 6.07) is 73.6. The van der Waals surface area contributed by atoms with E-state index in [2.05, 4.69) is 260 Å². The first-order valence-electron chi connectivity index (χ1n) is 26.7. The lowest BCUT2D eigenvalue weighted by Gasteiger charge is -2.45. The first-order chi connectivity index (χ1) is 36.3. The molecule has 9 aromatic carbocycles. The minimum Gasteiger partial charge on any atom is -0.309 e. The van der Waals surface area contributed by atoms with Gasteiger partial charge in [-0.1, -0.05) is 218 Å². The van der Waals surface area contributed by atoms with E-state index in [0.717, 1.165) is 5.69 Å². The van der Waals surface area contributed by atoms with Gasteiger partial charge in [0.15, 0.2) is 0 Å². The molecule has 0 bridgehead atoms. The predicted molar refractivity (Wildman–Crippen MR) is 320 cm³/mol. The zero-order valence-corrected chi connectivity index (χ0v) is 45.9. The summed E-state index contributed by atoms with van der Waals surface area (Å²) in [5.41, 5.74) is 20.3. The van der Waals surface area contributed by atoms with Gasteiger partial charge in [0.2, 0.25) is 0 Å². The van der Waals surface area contributed by atoms with Crippen molar-refractivity contribution in [3.8, 4) is 11.1 Å². The van der Waals surface area contributed by atoms with E-state index in [0.29, 0.717) is 5.92 Å². The van der Waals surface area contributed by atoms with Gasteiger partial charge < -0.3 is 4.90 Å². The average Bonchev–Trinajstić information content (AvgIpc) is 4.04. The zero-order valence-electron chi connectivity index (χ0n) is 43.5. The van der Waals surface area contributed by atoms with Crippen LogP contribution >= 0.6 is 34.9 Å². The minimum atomic E-state index is -0.573. The normalized spacial score (nSPS) is 17.9. The van der Waals surface area contributed by atoms with Crippen LogP contribution in [-0.2, 0) is 21.7 Å². The predicted octanol–water partition coefficient (Wildman–Crippen LogP) is 20.0. The van der Waals surface area contributed by atoms with Crippen LogP contribution in [0.4, 0.5) is 17.1 Å². The second-order valence-electron chi connectivity index (χ2n) is 23.6. The Morgan fingerprint density at radius 1 is 0.453 bits per heavy atom. The number of allylic oxidation sites excluding steroid dienone is 4. The van der Waals surface area contributed by atoms with Gasteiger partial charge in [0, 0.05) is 52.3 Å². The molecule has 1 aromatic heterocycles. The minimum absolute atomic E-state index is 0.0403. The molecule has 2 spiro atoms. The molecule has 3 heterocycles. The number of hydrogen-bond acceptors (Lipinski definition) is 4. The fourth-order valence-electron chi connectivity index (χ4n) is 14.1. The lowest BCUT2D eigenvalue weighted by atomic mass is 9.60. The maximum atomic E-state index is 2.63. The number of thiophene rings is 1. The highest BCUT2D eigenvalue weighted by Gasteiger charge is 2.57. The maximum Gasteiger partial charge on any atom is 0.0736 e. The fourth-order valence-corrected chi connectivity index (χ4v) is 17.7. The summed E-state index contributed by atoms with van der Waals surface area (Å²) in [7, 11) is 0. The topological polar surface area (TPSA) is 3.24 Å². The van der Waals surface area contributed by atoms with Crippen LogP contribution < -0.4 is 4.90 Å². The Bertz CT molecular complexity index is 4040. The van der Waals surface area contributed by atoms with Crippen molar-refractivity contribution >= 4 is 77.7 Å². The molecule has 2 unspecified atom stereocenters. The van der Waals surface area contributed by atoms with Crippen molar-refractivity contribution in [3.63, 3.8) is 0 Å². The van der Waals surface area contributed by atoms with Crippen LogP contribution in [0.2, 0.25) is 0 Å². The summed E-state index contributed by atoms with van der Waals surface area (Å²) in [5.74, 6) is 0.550. The highest BCUT2D eigenvalue weighted by Crippen LogP contribution is 2.67. The number of benzene rings is 9. The number of rotatable bonds is 3. The third-order valence-electron chi connectivity index (χ3n) is 17.5. The highest BCUT2D eigenvalue weighted by atomic mass is 32.2. The van der Waals surface area contributed by atoms with Crippen LogP contribution in [0.5, 0.6) is 0 Å². The molecule has 364 valence electrons. The third-order valence-corrected chi connectivity index (χ3v) is 21.0. The van der Waals surface area contributed by atoms with Crippen LogP contribution in [0.1, 0.15) is 104 Å². The monoisotopic (exact) mass is 1020 g/mol. The SMILES string of the molecule is CC1C=CC=C2c3ccc(N(c4ccc5c(c4)C4(c6cc(C(C)(C)C)ccc6Sc6ccc(C(C)(C)C)cc64)c4ccccc4-5)c4cccc5c4sc4ccccc45)cc3C3(c4ccccc4Sc4ccccc43)C21. The molecule has 4 heteroatoms. The second kappa shape index (κ2) is 16.1. The molecule has 2 aliphatic heterocycles. The number of fused-ring (bicyclic) bond motifs is 21. The number of anilines is 3. The summed E-state index contributed by atoms with van der Waals surface area (Å²) in [6.07, 6.45) is 7.18. The van der Waals surface area contributed by atoms with E-state index < -0.39 is 10.8 Å². The van der Waals surface area contributed by atoms with E-state index in [-0.39, 0.29) is 16.7 Å². The van der Waals surface area contributed by atoms with Crippen molar-refractivity contribution in [2.75, 3.05) is 4.90 Å². The van der Waals surface area contributed by atoms with E-state index in [1.807, 2.05) is 34.9 Å². The Balaban J connectivity index is 1.05. The van der Waals surface area contributed by atoms with Gasteiger partial charge in [-0.25, -0.2) is 0 Å². The summed E-state index contributed by atoms with van der Waals surface area (Å²) < 4.78 is 2.60. The van der Waals surface area contributed by atoms with Gasteiger partial charge in [-0.15, -0.1) is 11.3 Å². The maximum absolute atomic E-state index is 2.63. The second-order valence-corrected chi connectivity index (χ2v) is 26.8. The number of nitrogens with zero attached hydrogens (tertiary/aromatic N) is 1. The molecule has 0 amide bonds. The van der Waals surface area contributed by atoms with Gasteiger partial charge in [-0.3, -0.25) is 0 Å². The zero-order chi connectivity index (χ0) is 50.8. The molecule has 0 fully saturated rings. The van der Waals surface area contributed by atoms with Crippen LogP contribution in [0.25, 0.3) is 36.9 Å². The van der Waals surface area contributed by atoms with Crippen LogP contribution in [0.15, 0.2) is 226 Å². The quantitative estimate of drug-likeness (QED) is 0.174. The summed E-state index contributed by atoms with van der Waals surface area (Å²) in [5, 5.41) is 2.60. The number of hydrogen-bond donors (Lipinski definition) is 0. The molecule has 10 aromatic rings. The van der Waals surface area contributed by atoms with Gasteiger partial charge in [-0.2, -0.15) is 0 Å². The highest BCUT2D eigenvalue weighted by molar-refractivity contribution is 7.99. The van der Waals surface area contributed by atoms with Crippen molar-refractivity contribution in [2.45, 2.75) is 89.7 Å². The van der Waals surface area contributed by atoms with Crippen LogP contribution in [0.3, 0.4) is 0 Å². The van der Waals surface area contributed by atoms with Crippen LogP contribution in [-0.4, -0.2) is 0 Å². The van der Waals surface area contributed by atoms with Gasteiger partial charge in [0.1, 0.15) is 0 Å². The van der Waals surface area contributed by atoms with E-state index in [9.17, 15) is 0 Å². The van der Waals surface area contributed by atoms with Crippen molar-refractivity contribution in [1.29, 1.82) is 0 Å². The van der Waals surface area contributed by atoms with E-state index >= 15 is 0 Å². The Labute approximate surface area is 454 Å². The Kier molecular flexibility index (Phi) is 9.78. The molecule has 3 aliphatic carbocycles. The molecule has 15 rings (SSSR count). The molecular weight excluding hydrogens is 963 g/mol. The molecule has 0 saturated heterocycles. The Morgan fingerprint density at radius 3 is 1.67 bits per heavy atom. The van der Waals surface area contributed by atoms with Gasteiger partial charge >= 0.3 is 0 Å². The van der Waals surface area contributed by atoms with Crippen molar-refractivity contribution in [3.05, 3.63) is 262 Å². The molecule has 1 nitrogen and oxygen atoms in total. The Hall–Kier alpha value is -6.82. The van der Waals surface area contributed by atoms with Gasteiger partial charge in [-0.05, 0) is 150 Å². The molecule has 0 saturated carbocycles. The first kappa shape index (κ1) is 45.6. The lowest BCUT2D eigenvalue weighted by molar-refractivity contribution is 0.388. The first-order valence-corrected chi connectivity index (χ1v) is 29.1. The van der Waals surface area contributed by atoms with Crippen molar-refractivity contribution in [2.24, 2.45) is 11.8 Å². The Morgan fingerprint density at radius 2 is 1.00 bits per heavy atom. The fraction of sp³-hybridized carbons (Fsp3) is 0.183. The largest absolute Gasteiger partial charge is 0.309 e. The summed E-state index contributed by atoms with van der Waals surface area (Å²) in [6.45, 7) is 16.6. The molecular formula is C71H57NS3. The summed E-state index contributed by atoms with van der Waals surface area (Å²) >= 11 is 5.78. The molecule has 0 N–H and O–H groups in total. The van der Waals surface area contributed by atoms with E-state index in [1.165, 1.54) is 123 Å². The van der Waals surface area contributed by atoms with Crippen LogP contribution in [0, 0.1) is 11.8 Å². The molecule has 75 heavy (non-hydrogen) atoms. The molecule has 0 radical (unpaired) electrons. The van der Waals surface area contributed by atoms with E-state index in [1.54, 1.807) is 0 Å². The van der Waals surface area contributed by atoms with Gasteiger partial charge in [0.05, 0.1) is 21.2 Å².